The summed E-state index contributed by atoms with van der Waals surface area (Å²) >= 11 is 0. The lowest BCUT2D eigenvalue weighted by Gasteiger charge is -2.28. The van der Waals surface area contributed by atoms with Gasteiger partial charge < -0.3 is 21.7 Å². The van der Waals surface area contributed by atoms with Gasteiger partial charge in [0.1, 0.15) is 23.2 Å². The molecule has 1 atom stereocenters. The summed E-state index contributed by atoms with van der Waals surface area (Å²) in [7, 11) is -1.87. The summed E-state index contributed by atoms with van der Waals surface area (Å²) in [5.41, 5.74) is 0. The van der Waals surface area contributed by atoms with Crippen LogP contribution in [0.25, 0.3) is 0 Å². The van der Waals surface area contributed by atoms with E-state index < -0.39 is 7.26 Å². The van der Waals surface area contributed by atoms with Gasteiger partial charge in [0.15, 0.2) is 0 Å². The van der Waals surface area contributed by atoms with Crippen LogP contribution in [0.1, 0.15) is 20.3 Å². The number of hydrogen-bond donors (Lipinski definition) is 0. The third-order valence-corrected chi connectivity index (χ3v) is 9.65. The summed E-state index contributed by atoms with van der Waals surface area (Å²) in [6.07, 6.45) is 1.73. The minimum atomic E-state index is -1.87. The Hall–Kier alpha value is -1.96. The largest absolute Gasteiger partial charge is 1.00 e. The zero-order valence-electron chi connectivity index (χ0n) is 17.0. The first-order valence-electron chi connectivity index (χ1n) is 9.90. The van der Waals surface area contributed by atoms with Crippen LogP contribution >= 0.6 is 7.26 Å². The highest BCUT2D eigenvalue weighted by Crippen LogP contribution is 2.56. The molecular weight excluding hydrogens is 443 g/mol. The fraction of sp³-hybridized carbons (Fsp3) is 0.240. The first kappa shape index (κ1) is 23.3. The first-order chi connectivity index (χ1) is 13.7. The van der Waals surface area contributed by atoms with Crippen LogP contribution in [0.4, 0.5) is 0 Å². The average Bonchev–Trinajstić information content (AvgIpc) is 2.76. The lowest BCUT2D eigenvalue weighted by atomic mass is 10.1. The second-order valence-electron chi connectivity index (χ2n) is 6.98. The second kappa shape index (κ2) is 11.3. The molecule has 0 fully saturated rings. The summed E-state index contributed by atoms with van der Waals surface area (Å²) in [4.78, 5) is 12.3. The van der Waals surface area contributed by atoms with Crippen molar-refractivity contribution in [3.8, 4) is 0 Å². The smallest absolute Gasteiger partial charge is 0.308 e. The highest BCUT2D eigenvalue weighted by molar-refractivity contribution is 7.95. The molecule has 0 N–H and O–H groups in total. The third-order valence-electron chi connectivity index (χ3n) is 5.18. The summed E-state index contributed by atoms with van der Waals surface area (Å²) < 4.78 is 5.26. The molecular formula is C25H28BrO2P. The van der Waals surface area contributed by atoms with Crippen LogP contribution in [0.5, 0.6) is 0 Å². The number of halogens is 1. The average molecular weight is 471 g/mol. The molecule has 0 heterocycles. The molecule has 29 heavy (non-hydrogen) atoms. The number of rotatable bonds is 8. The molecule has 2 nitrogen and oxygen atoms in total. The van der Waals surface area contributed by atoms with Crippen LogP contribution in [0.15, 0.2) is 91.0 Å². The number of carbonyl (C=O) groups is 1. The molecule has 0 aromatic heterocycles. The van der Waals surface area contributed by atoms with Crippen LogP contribution in [0.3, 0.4) is 0 Å². The van der Waals surface area contributed by atoms with E-state index in [4.69, 9.17) is 4.74 Å². The monoisotopic (exact) mass is 470 g/mol. The molecule has 0 aliphatic rings. The molecule has 0 saturated heterocycles. The van der Waals surface area contributed by atoms with E-state index in [-0.39, 0.29) is 28.9 Å². The van der Waals surface area contributed by atoms with Crippen molar-refractivity contribution >= 4 is 29.1 Å². The summed E-state index contributed by atoms with van der Waals surface area (Å²) in [5.74, 6) is -0.217. The lowest BCUT2D eigenvalue weighted by molar-refractivity contribution is -0.147. The van der Waals surface area contributed by atoms with Gasteiger partial charge in [0, 0.05) is 0 Å². The van der Waals surface area contributed by atoms with Crippen molar-refractivity contribution in [3.05, 3.63) is 91.0 Å². The molecule has 3 aromatic rings. The zero-order valence-corrected chi connectivity index (χ0v) is 19.5. The molecule has 0 unspecified atom stereocenters. The van der Waals surface area contributed by atoms with Gasteiger partial charge in [0.05, 0.1) is 18.7 Å². The Bertz CT molecular complexity index is 772. The lowest BCUT2D eigenvalue weighted by Crippen LogP contribution is -3.00. The van der Waals surface area contributed by atoms with Gasteiger partial charge in [-0.3, -0.25) is 4.79 Å². The van der Waals surface area contributed by atoms with Gasteiger partial charge in [-0.15, -0.1) is 0 Å². The van der Waals surface area contributed by atoms with E-state index in [0.717, 1.165) is 12.6 Å². The number of benzene rings is 3. The summed E-state index contributed by atoms with van der Waals surface area (Å²) in [6.45, 7) is 4.27. The Balaban J connectivity index is 0.00000300. The number of ether oxygens (including phenoxy) is 1. The molecule has 0 saturated carbocycles. The topological polar surface area (TPSA) is 26.3 Å². The predicted molar refractivity (Wildman–Crippen MR) is 120 cm³/mol. The Morgan fingerprint density at radius 3 is 1.52 bits per heavy atom. The van der Waals surface area contributed by atoms with E-state index in [9.17, 15) is 4.79 Å². The highest BCUT2D eigenvalue weighted by Gasteiger charge is 2.45. The Morgan fingerprint density at radius 1 is 0.793 bits per heavy atom. The van der Waals surface area contributed by atoms with Gasteiger partial charge >= 0.3 is 5.97 Å². The number of esters is 1. The molecule has 4 heteroatoms. The van der Waals surface area contributed by atoms with Crippen LogP contribution in [0.2, 0.25) is 0 Å². The molecule has 0 aliphatic heterocycles. The van der Waals surface area contributed by atoms with Gasteiger partial charge in [-0.2, -0.15) is 0 Å². The first-order valence-corrected chi connectivity index (χ1v) is 11.9. The van der Waals surface area contributed by atoms with Gasteiger partial charge in [0.25, 0.3) is 0 Å². The van der Waals surface area contributed by atoms with Crippen molar-refractivity contribution < 1.29 is 26.5 Å². The van der Waals surface area contributed by atoms with Gasteiger partial charge in [0.2, 0.25) is 0 Å². The Morgan fingerprint density at radius 2 is 1.17 bits per heavy atom. The normalized spacial score (nSPS) is 11.9. The molecule has 0 radical (unpaired) electrons. The van der Waals surface area contributed by atoms with E-state index in [2.05, 4.69) is 91.0 Å². The molecule has 0 bridgehead atoms. The van der Waals surface area contributed by atoms with Crippen LogP contribution in [-0.4, -0.2) is 18.7 Å². The number of carbonyl (C=O) groups excluding carboxylic acids is 1. The highest BCUT2D eigenvalue weighted by atomic mass is 79.9. The van der Waals surface area contributed by atoms with Crippen molar-refractivity contribution in [2.24, 2.45) is 5.92 Å². The number of hydrogen-bond acceptors (Lipinski definition) is 2. The minimum absolute atomic E-state index is 0. The maximum absolute atomic E-state index is 12.3. The minimum Gasteiger partial charge on any atom is -1.00 e. The molecule has 0 aliphatic carbocycles. The standard InChI is InChI=1S/C25H28O2P.BrH/c1-3-27-25(26)21(2)19-20-28(22-13-7-4-8-14-22,23-15-9-5-10-16-23)24-17-11-6-12-18-24;/h4-18,21H,3,19-20H2,1-2H3;1H/q+1;/p-1/t21-;/m0./s1. The van der Waals surface area contributed by atoms with Crippen molar-refractivity contribution in [2.45, 2.75) is 20.3 Å². The van der Waals surface area contributed by atoms with Crippen LogP contribution < -0.4 is 32.9 Å². The Labute approximate surface area is 185 Å². The van der Waals surface area contributed by atoms with Crippen LogP contribution in [-0.2, 0) is 9.53 Å². The van der Waals surface area contributed by atoms with Crippen LogP contribution in [0, 0.1) is 5.92 Å². The van der Waals surface area contributed by atoms with Crippen molar-refractivity contribution in [1.82, 2.24) is 0 Å². The van der Waals surface area contributed by atoms with Crippen molar-refractivity contribution in [2.75, 3.05) is 12.8 Å². The van der Waals surface area contributed by atoms with E-state index >= 15 is 0 Å². The Kier molecular flexibility index (Phi) is 9.07. The molecule has 3 aromatic carbocycles. The fourth-order valence-corrected chi connectivity index (χ4v) is 8.16. The predicted octanol–water partition coefficient (Wildman–Crippen LogP) is 1.57. The molecule has 152 valence electrons. The van der Waals surface area contributed by atoms with Gasteiger partial charge in [-0.25, -0.2) is 0 Å². The van der Waals surface area contributed by atoms with E-state index in [1.54, 1.807) is 0 Å². The molecule has 0 amide bonds. The second-order valence-corrected chi connectivity index (χ2v) is 10.6. The maximum Gasteiger partial charge on any atom is 0.308 e. The van der Waals surface area contributed by atoms with E-state index in [1.807, 2.05) is 13.8 Å². The summed E-state index contributed by atoms with van der Waals surface area (Å²) in [6, 6.07) is 32.3. The van der Waals surface area contributed by atoms with E-state index in [1.165, 1.54) is 15.9 Å². The van der Waals surface area contributed by atoms with Gasteiger partial charge in [-0.1, -0.05) is 61.5 Å². The van der Waals surface area contributed by atoms with Crippen molar-refractivity contribution in [3.63, 3.8) is 0 Å². The third kappa shape index (κ3) is 5.35. The zero-order chi connectivity index (χ0) is 19.8. The fourth-order valence-electron chi connectivity index (χ4n) is 3.67. The van der Waals surface area contributed by atoms with Gasteiger partial charge in [-0.05, 0) is 49.7 Å². The summed E-state index contributed by atoms with van der Waals surface area (Å²) in [5, 5.41) is 4.05. The molecule has 3 rings (SSSR count). The quantitative estimate of drug-likeness (QED) is 0.369. The molecule has 0 spiro atoms. The van der Waals surface area contributed by atoms with E-state index in [0.29, 0.717) is 6.61 Å². The maximum atomic E-state index is 12.3. The van der Waals surface area contributed by atoms with Crippen molar-refractivity contribution in [1.29, 1.82) is 0 Å². The SMILES string of the molecule is CCOC(=O)[C@@H](C)CC[P+](c1ccccc1)(c1ccccc1)c1ccccc1.[Br-].